The molecule has 1 fully saturated rings. The number of anilines is 2. The number of nitrogens with one attached hydrogen (secondary N) is 3. The van der Waals surface area contributed by atoms with Crippen LogP contribution in [0.5, 0.6) is 17.2 Å². The molecule has 8 heteroatoms. The molecule has 1 heterocycles. The van der Waals surface area contributed by atoms with Gasteiger partial charge in [-0.05, 0) is 105 Å². The Morgan fingerprint density at radius 2 is 1.54 bits per heavy atom. The second-order valence-corrected chi connectivity index (χ2v) is 10.4. The number of amides is 3. The van der Waals surface area contributed by atoms with Crippen LogP contribution in [0.2, 0.25) is 0 Å². The van der Waals surface area contributed by atoms with Gasteiger partial charge in [0.25, 0.3) is 5.91 Å². The number of likely N-dealkylation sites (tertiary alicyclic amines) is 1. The average molecular weight is 559 g/mol. The molecule has 0 radical (unpaired) electrons. The zero-order valence-corrected chi connectivity index (χ0v) is 24.4. The summed E-state index contributed by atoms with van der Waals surface area (Å²) < 4.78 is 12.2. The summed E-state index contributed by atoms with van der Waals surface area (Å²) in [7, 11) is 0. The van der Waals surface area contributed by atoms with Gasteiger partial charge in [0.05, 0.1) is 0 Å². The average Bonchev–Trinajstić information content (AvgIpc) is 2.98. The lowest BCUT2D eigenvalue weighted by Gasteiger charge is -2.31. The molecule has 3 N–H and O–H groups in total. The Labute approximate surface area is 243 Å². The van der Waals surface area contributed by atoms with Crippen LogP contribution in [-0.4, -0.2) is 49.1 Å². The number of hydrogen-bond acceptors (Lipinski definition) is 5. The summed E-state index contributed by atoms with van der Waals surface area (Å²) in [5, 5.41) is 8.65. The zero-order valence-electron chi connectivity index (χ0n) is 24.4. The highest BCUT2D eigenvalue weighted by Crippen LogP contribution is 2.28. The van der Waals surface area contributed by atoms with Gasteiger partial charge in [-0.2, -0.15) is 0 Å². The summed E-state index contributed by atoms with van der Waals surface area (Å²) in [6.45, 7) is 10.1. The first-order valence-electron chi connectivity index (χ1n) is 14.7. The molecule has 1 aliphatic rings. The predicted molar refractivity (Wildman–Crippen MR) is 164 cm³/mol. The molecular weight excluding hydrogens is 516 g/mol. The molecule has 0 aliphatic carbocycles. The van der Waals surface area contributed by atoms with Crippen molar-refractivity contribution in [1.82, 2.24) is 10.2 Å². The number of aryl methyl sites for hydroxylation is 1. The van der Waals surface area contributed by atoms with E-state index in [-0.39, 0.29) is 18.0 Å². The van der Waals surface area contributed by atoms with Gasteiger partial charge in [-0.1, -0.05) is 26.7 Å². The summed E-state index contributed by atoms with van der Waals surface area (Å²) in [5.41, 5.74) is 2.83. The van der Waals surface area contributed by atoms with E-state index in [9.17, 15) is 9.59 Å². The maximum Gasteiger partial charge on any atom is 0.319 e. The summed E-state index contributed by atoms with van der Waals surface area (Å²) >= 11 is 0. The van der Waals surface area contributed by atoms with E-state index in [0.717, 1.165) is 63.1 Å². The van der Waals surface area contributed by atoms with Gasteiger partial charge in [0, 0.05) is 36.6 Å². The lowest BCUT2D eigenvalue weighted by Crippen LogP contribution is -2.37. The van der Waals surface area contributed by atoms with E-state index in [0.29, 0.717) is 35.0 Å². The van der Waals surface area contributed by atoms with Gasteiger partial charge in [0.1, 0.15) is 23.4 Å². The van der Waals surface area contributed by atoms with Crippen molar-refractivity contribution in [1.29, 1.82) is 0 Å². The van der Waals surface area contributed by atoms with Gasteiger partial charge in [0.15, 0.2) is 0 Å². The molecule has 218 valence electrons. The minimum atomic E-state index is -0.212. The third-order valence-corrected chi connectivity index (χ3v) is 7.24. The molecule has 3 amide bonds. The fourth-order valence-electron chi connectivity index (χ4n) is 4.75. The van der Waals surface area contributed by atoms with Crippen LogP contribution in [0, 0.1) is 6.92 Å². The number of rotatable bonds is 12. The molecule has 3 aromatic rings. The molecule has 41 heavy (non-hydrogen) atoms. The summed E-state index contributed by atoms with van der Waals surface area (Å²) in [4.78, 5) is 27.3. The summed E-state index contributed by atoms with van der Waals surface area (Å²) in [6, 6.07) is 19.9. The van der Waals surface area contributed by atoms with Crippen molar-refractivity contribution in [2.45, 2.75) is 59.0 Å². The number of carbonyl (C=O) groups excluding carboxylic acids is 2. The Morgan fingerprint density at radius 1 is 0.854 bits per heavy atom. The van der Waals surface area contributed by atoms with Gasteiger partial charge in [-0.25, -0.2) is 4.79 Å². The molecule has 4 rings (SSSR count). The Kier molecular flexibility index (Phi) is 11.0. The van der Waals surface area contributed by atoms with Crippen LogP contribution in [0.1, 0.15) is 61.9 Å². The molecule has 3 aromatic carbocycles. The number of benzene rings is 3. The van der Waals surface area contributed by atoms with Crippen molar-refractivity contribution in [2.24, 2.45) is 0 Å². The van der Waals surface area contributed by atoms with E-state index < -0.39 is 0 Å². The van der Waals surface area contributed by atoms with E-state index in [4.69, 9.17) is 9.47 Å². The number of piperidine rings is 1. The van der Waals surface area contributed by atoms with Crippen molar-refractivity contribution in [3.8, 4) is 17.2 Å². The number of carbonyl (C=O) groups is 2. The maximum absolute atomic E-state index is 12.8. The third-order valence-electron chi connectivity index (χ3n) is 7.24. The van der Waals surface area contributed by atoms with Crippen LogP contribution >= 0.6 is 0 Å². The SMILES string of the molecule is CCCCCNC(=O)Nc1ccc(Oc2ccc(NC(=O)c3ccc(OC4CCN(CC)CC4)cc3)cc2C)cc1. The number of nitrogens with zero attached hydrogens (tertiary/aromatic N) is 1. The van der Waals surface area contributed by atoms with Crippen LogP contribution < -0.4 is 25.4 Å². The first kappa shape index (κ1) is 29.9. The second-order valence-electron chi connectivity index (χ2n) is 10.4. The van der Waals surface area contributed by atoms with Gasteiger partial charge in [-0.15, -0.1) is 0 Å². The van der Waals surface area contributed by atoms with Crippen LogP contribution in [0.4, 0.5) is 16.2 Å². The molecule has 1 saturated heterocycles. The molecule has 0 atom stereocenters. The first-order valence-corrected chi connectivity index (χ1v) is 14.7. The van der Waals surface area contributed by atoms with Crippen molar-refractivity contribution in [2.75, 3.05) is 36.8 Å². The predicted octanol–water partition coefficient (Wildman–Crippen LogP) is 7.21. The van der Waals surface area contributed by atoms with Crippen molar-refractivity contribution in [3.63, 3.8) is 0 Å². The molecule has 0 aromatic heterocycles. The fourth-order valence-corrected chi connectivity index (χ4v) is 4.75. The van der Waals surface area contributed by atoms with Crippen molar-refractivity contribution >= 4 is 23.3 Å². The Morgan fingerprint density at radius 3 is 2.20 bits per heavy atom. The Bertz CT molecular complexity index is 1270. The summed E-state index contributed by atoms with van der Waals surface area (Å²) in [5.74, 6) is 1.95. The fraction of sp³-hybridized carbons (Fsp3) is 0.394. The largest absolute Gasteiger partial charge is 0.490 e. The maximum atomic E-state index is 12.8. The lowest BCUT2D eigenvalue weighted by atomic mass is 10.1. The lowest BCUT2D eigenvalue weighted by molar-refractivity contribution is 0.102. The van der Waals surface area contributed by atoms with Gasteiger partial charge >= 0.3 is 6.03 Å². The normalized spacial score (nSPS) is 13.8. The van der Waals surface area contributed by atoms with Crippen molar-refractivity contribution < 1.29 is 19.1 Å². The number of urea groups is 1. The zero-order chi connectivity index (χ0) is 29.0. The van der Waals surface area contributed by atoms with Crippen molar-refractivity contribution in [3.05, 3.63) is 77.9 Å². The van der Waals surface area contributed by atoms with E-state index in [2.05, 4.69) is 34.7 Å². The molecule has 8 nitrogen and oxygen atoms in total. The first-order chi connectivity index (χ1) is 19.9. The van der Waals surface area contributed by atoms with Crippen LogP contribution in [-0.2, 0) is 0 Å². The van der Waals surface area contributed by atoms with Crippen LogP contribution in [0.15, 0.2) is 66.7 Å². The Balaban J connectivity index is 1.25. The summed E-state index contributed by atoms with van der Waals surface area (Å²) in [6.07, 6.45) is 5.46. The van der Waals surface area contributed by atoms with Crippen LogP contribution in [0.3, 0.4) is 0 Å². The molecule has 0 bridgehead atoms. The second kappa shape index (κ2) is 15.1. The molecular formula is C33H42N4O4. The highest BCUT2D eigenvalue weighted by Gasteiger charge is 2.19. The van der Waals surface area contributed by atoms with Gasteiger partial charge in [0.2, 0.25) is 0 Å². The third kappa shape index (κ3) is 9.25. The van der Waals surface area contributed by atoms with Crippen LogP contribution in [0.25, 0.3) is 0 Å². The topological polar surface area (TPSA) is 91.9 Å². The van der Waals surface area contributed by atoms with Gasteiger partial charge in [-0.3, -0.25) is 4.79 Å². The van der Waals surface area contributed by atoms with E-state index in [1.54, 1.807) is 24.3 Å². The van der Waals surface area contributed by atoms with E-state index in [1.807, 2.05) is 49.4 Å². The smallest absolute Gasteiger partial charge is 0.319 e. The molecule has 0 spiro atoms. The van der Waals surface area contributed by atoms with Gasteiger partial charge < -0.3 is 30.3 Å². The van der Waals surface area contributed by atoms with E-state index in [1.165, 1.54) is 0 Å². The Hall–Kier alpha value is -4.04. The monoisotopic (exact) mass is 558 g/mol. The highest BCUT2D eigenvalue weighted by molar-refractivity contribution is 6.04. The molecule has 0 saturated carbocycles. The number of ether oxygens (including phenoxy) is 2. The van der Waals surface area contributed by atoms with E-state index >= 15 is 0 Å². The highest BCUT2D eigenvalue weighted by atomic mass is 16.5. The standard InChI is InChI=1S/C33H42N4O4/c1-4-6-7-20-34-33(39)36-26-10-15-29(16-11-26)41-31-17-12-27(23-24(31)3)35-32(38)25-8-13-28(14-9-25)40-30-18-21-37(5-2)22-19-30/h8-17,23,30H,4-7,18-22H2,1-3H3,(H,35,38)(H2,34,36,39). The minimum absolute atomic E-state index is 0.182. The minimum Gasteiger partial charge on any atom is -0.490 e. The molecule has 1 aliphatic heterocycles. The number of hydrogen-bond donors (Lipinski definition) is 3. The quantitative estimate of drug-likeness (QED) is 0.204. The molecule has 0 unspecified atom stereocenters. The number of unbranched alkanes of at least 4 members (excludes halogenated alkanes) is 2.